The van der Waals surface area contributed by atoms with Crippen LogP contribution in [-0.2, 0) is 4.79 Å². The van der Waals surface area contributed by atoms with Gasteiger partial charge in [-0.15, -0.1) is 0 Å². The molecule has 1 aromatic rings. The van der Waals surface area contributed by atoms with E-state index >= 15 is 0 Å². The molecule has 0 aromatic heterocycles. The minimum absolute atomic E-state index is 0.0863. The van der Waals surface area contributed by atoms with Gasteiger partial charge in [-0.2, -0.15) is 13.2 Å². The zero-order valence-corrected chi connectivity index (χ0v) is 15.1. The van der Waals surface area contributed by atoms with E-state index < -0.39 is 12.1 Å². The van der Waals surface area contributed by atoms with Gasteiger partial charge in [0.25, 0.3) is 0 Å². The smallest absolute Gasteiger partial charge is 0.393 e. The van der Waals surface area contributed by atoms with Crippen LogP contribution in [0.25, 0.3) is 0 Å². The molecular formula is C18H25F3N2O3. The highest BCUT2D eigenvalue weighted by molar-refractivity contribution is 5.94. The first-order valence-corrected chi connectivity index (χ1v) is 8.82. The first-order valence-electron chi connectivity index (χ1n) is 8.82. The van der Waals surface area contributed by atoms with Crippen LogP contribution in [0.2, 0.25) is 0 Å². The Morgan fingerprint density at radius 1 is 1.27 bits per heavy atom. The summed E-state index contributed by atoms with van der Waals surface area (Å²) < 4.78 is 49.6. The molecule has 1 N–H and O–H groups in total. The van der Waals surface area contributed by atoms with Gasteiger partial charge in [-0.1, -0.05) is 0 Å². The van der Waals surface area contributed by atoms with E-state index in [0.29, 0.717) is 43.4 Å². The molecule has 8 heteroatoms. The zero-order chi connectivity index (χ0) is 19.2. The van der Waals surface area contributed by atoms with Crippen molar-refractivity contribution in [2.75, 3.05) is 38.2 Å². The van der Waals surface area contributed by atoms with Gasteiger partial charge in [-0.05, 0) is 45.4 Å². The van der Waals surface area contributed by atoms with Crippen LogP contribution < -0.4 is 14.8 Å². The van der Waals surface area contributed by atoms with E-state index in [-0.39, 0.29) is 25.4 Å². The van der Waals surface area contributed by atoms with Crippen molar-refractivity contribution in [1.29, 1.82) is 0 Å². The Labute approximate surface area is 151 Å². The topological polar surface area (TPSA) is 50.8 Å². The van der Waals surface area contributed by atoms with Crippen LogP contribution >= 0.6 is 0 Å². The summed E-state index contributed by atoms with van der Waals surface area (Å²) in [4.78, 5) is 13.9. The number of hydrogen-bond donors (Lipinski definition) is 1. The number of carbonyl (C=O) groups is 1. The second kappa shape index (κ2) is 9.12. The van der Waals surface area contributed by atoms with E-state index in [1.807, 2.05) is 13.8 Å². The molecule has 5 nitrogen and oxygen atoms in total. The van der Waals surface area contributed by atoms with Crippen LogP contribution in [0.3, 0.4) is 0 Å². The quantitative estimate of drug-likeness (QED) is 0.791. The van der Waals surface area contributed by atoms with Gasteiger partial charge < -0.3 is 14.8 Å². The van der Waals surface area contributed by atoms with Gasteiger partial charge in [0, 0.05) is 12.6 Å². The molecular weight excluding hydrogens is 349 g/mol. The van der Waals surface area contributed by atoms with Gasteiger partial charge in [0.1, 0.15) is 11.5 Å². The second-order valence-corrected chi connectivity index (χ2v) is 6.19. The number of amides is 1. The van der Waals surface area contributed by atoms with Crippen molar-refractivity contribution in [3.05, 3.63) is 18.2 Å². The molecule has 1 amide bonds. The van der Waals surface area contributed by atoms with Crippen LogP contribution in [0.1, 0.15) is 26.7 Å². The number of rotatable bonds is 7. The van der Waals surface area contributed by atoms with Gasteiger partial charge in [0.15, 0.2) is 0 Å². The predicted octanol–water partition coefficient (Wildman–Crippen LogP) is 3.70. The lowest BCUT2D eigenvalue weighted by molar-refractivity contribution is -0.186. The van der Waals surface area contributed by atoms with Crippen molar-refractivity contribution in [2.24, 2.45) is 5.92 Å². The Morgan fingerprint density at radius 3 is 2.65 bits per heavy atom. The van der Waals surface area contributed by atoms with Crippen LogP contribution in [-0.4, -0.2) is 49.8 Å². The number of halogens is 3. The number of ether oxygens (including phenoxy) is 2. The van der Waals surface area contributed by atoms with E-state index in [9.17, 15) is 18.0 Å². The summed E-state index contributed by atoms with van der Waals surface area (Å²) in [6.45, 7) is 4.84. The monoisotopic (exact) mass is 374 g/mol. The number of likely N-dealkylation sites (tertiary alicyclic amines) is 1. The Bertz CT molecular complexity index is 608. The predicted molar refractivity (Wildman–Crippen MR) is 92.6 cm³/mol. The number of carbonyl (C=O) groups excluding carboxylic acids is 1. The molecule has 1 heterocycles. The van der Waals surface area contributed by atoms with Gasteiger partial charge in [0.2, 0.25) is 5.91 Å². The summed E-state index contributed by atoms with van der Waals surface area (Å²) in [5.41, 5.74) is 0.451. The number of nitrogens with zero attached hydrogens (tertiary/aromatic N) is 1. The molecule has 1 fully saturated rings. The summed E-state index contributed by atoms with van der Waals surface area (Å²) in [5, 5.41) is 2.73. The third-order valence-electron chi connectivity index (χ3n) is 4.17. The SMILES string of the molecule is CCOc1ccc(OCC)c(NC(=O)CN2CCC[C@H](C(F)(F)F)C2)c1. The fourth-order valence-corrected chi connectivity index (χ4v) is 3.00. The molecule has 1 atom stereocenters. The number of hydrogen-bond acceptors (Lipinski definition) is 4. The van der Waals surface area contributed by atoms with E-state index in [1.54, 1.807) is 23.1 Å². The van der Waals surface area contributed by atoms with Crippen molar-refractivity contribution in [3.63, 3.8) is 0 Å². The molecule has 0 aliphatic carbocycles. The number of benzene rings is 1. The summed E-state index contributed by atoms with van der Waals surface area (Å²) in [5.74, 6) is -0.663. The van der Waals surface area contributed by atoms with E-state index in [1.165, 1.54) is 0 Å². The van der Waals surface area contributed by atoms with Gasteiger partial charge in [0.05, 0.1) is 31.4 Å². The highest BCUT2D eigenvalue weighted by Crippen LogP contribution is 2.33. The lowest BCUT2D eigenvalue weighted by Gasteiger charge is -2.33. The molecule has 1 saturated heterocycles. The first-order chi connectivity index (χ1) is 12.3. The highest BCUT2D eigenvalue weighted by Gasteiger charge is 2.41. The van der Waals surface area contributed by atoms with E-state index in [4.69, 9.17) is 9.47 Å². The van der Waals surface area contributed by atoms with Crippen molar-refractivity contribution >= 4 is 11.6 Å². The first kappa shape index (κ1) is 20.4. The number of anilines is 1. The Kier molecular flexibility index (Phi) is 7.14. The van der Waals surface area contributed by atoms with Crippen LogP contribution in [0.5, 0.6) is 11.5 Å². The van der Waals surface area contributed by atoms with E-state index in [2.05, 4.69) is 5.32 Å². The summed E-state index contributed by atoms with van der Waals surface area (Å²) in [6.07, 6.45) is -3.67. The number of alkyl halides is 3. The maximum atomic E-state index is 12.9. The molecule has 0 saturated carbocycles. The van der Waals surface area contributed by atoms with Crippen LogP contribution in [0.4, 0.5) is 18.9 Å². The third-order valence-corrected chi connectivity index (χ3v) is 4.17. The fourth-order valence-electron chi connectivity index (χ4n) is 3.00. The lowest BCUT2D eigenvalue weighted by Crippen LogP contribution is -2.44. The van der Waals surface area contributed by atoms with Crippen LogP contribution in [0, 0.1) is 5.92 Å². The number of nitrogens with one attached hydrogen (secondary N) is 1. The molecule has 26 heavy (non-hydrogen) atoms. The molecule has 2 rings (SSSR count). The standard InChI is InChI=1S/C18H25F3N2O3/c1-3-25-14-7-8-16(26-4-2)15(10-14)22-17(24)12-23-9-5-6-13(11-23)18(19,20)21/h7-8,10,13H,3-6,9,11-12H2,1-2H3,(H,22,24)/t13-/m0/s1. The molecule has 1 aliphatic heterocycles. The molecule has 0 unspecified atom stereocenters. The Hall–Kier alpha value is -1.96. The maximum absolute atomic E-state index is 12.9. The summed E-state index contributed by atoms with van der Waals surface area (Å²) in [7, 11) is 0. The van der Waals surface area contributed by atoms with Crippen molar-refractivity contribution in [1.82, 2.24) is 4.90 Å². The molecule has 1 aromatic carbocycles. The highest BCUT2D eigenvalue weighted by atomic mass is 19.4. The minimum atomic E-state index is -4.22. The van der Waals surface area contributed by atoms with Crippen LogP contribution in [0.15, 0.2) is 18.2 Å². The number of piperidine rings is 1. The minimum Gasteiger partial charge on any atom is -0.494 e. The second-order valence-electron chi connectivity index (χ2n) is 6.19. The van der Waals surface area contributed by atoms with E-state index in [0.717, 1.165) is 0 Å². The van der Waals surface area contributed by atoms with Gasteiger partial charge in [-0.3, -0.25) is 9.69 Å². The molecule has 146 valence electrons. The average Bonchev–Trinajstić information content (AvgIpc) is 2.57. The zero-order valence-electron chi connectivity index (χ0n) is 15.1. The summed E-state index contributed by atoms with van der Waals surface area (Å²) in [6, 6.07) is 5.09. The average molecular weight is 374 g/mol. The molecule has 0 spiro atoms. The normalized spacial score (nSPS) is 18.4. The molecule has 0 bridgehead atoms. The van der Waals surface area contributed by atoms with Crippen molar-refractivity contribution in [3.8, 4) is 11.5 Å². The van der Waals surface area contributed by atoms with Gasteiger partial charge in [-0.25, -0.2) is 0 Å². The van der Waals surface area contributed by atoms with Gasteiger partial charge >= 0.3 is 6.18 Å². The lowest BCUT2D eigenvalue weighted by atomic mass is 9.97. The van der Waals surface area contributed by atoms with Crippen molar-refractivity contribution in [2.45, 2.75) is 32.9 Å². The Morgan fingerprint density at radius 2 is 2.00 bits per heavy atom. The fraction of sp³-hybridized carbons (Fsp3) is 0.611. The third kappa shape index (κ3) is 5.79. The van der Waals surface area contributed by atoms with Crippen molar-refractivity contribution < 1.29 is 27.4 Å². The largest absolute Gasteiger partial charge is 0.494 e. The molecule has 1 aliphatic rings. The molecule has 0 radical (unpaired) electrons. The Balaban J connectivity index is 2.01. The maximum Gasteiger partial charge on any atom is 0.393 e. The summed E-state index contributed by atoms with van der Waals surface area (Å²) >= 11 is 0.